The third-order valence-corrected chi connectivity index (χ3v) is 2.70. The lowest BCUT2D eigenvalue weighted by molar-refractivity contribution is 1.65. The van der Waals surface area contributed by atoms with E-state index in [1.807, 2.05) is 48.6 Å². The molecule has 0 saturated heterocycles. The van der Waals surface area contributed by atoms with Crippen molar-refractivity contribution in [1.29, 1.82) is 0 Å². The zero-order valence-electron chi connectivity index (χ0n) is 8.18. The molecule has 1 aromatic carbocycles. The molecule has 0 bridgehead atoms. The van der Waals surface area contributed by atoms with Gasteiger partial charge in [0.15, 0.2) is 0 Å². The third-order valence-electron chi connectivity index (χ3n) is 1.86. The molecule has 0 spiro atoms. The molecule has 0 fully saturated rings. The summed E-state index contributed by atoms with van der Waals surface area (Å²) in [6.45, 7) is 0. The maximum absolute atomic E-state index is 3.07. The summed E-state index contributed by atoms with van der Waals surface area (Å²) in [6, 6.07) is 14.1. The Labute approximate surface area is 93.9 Å². The molecule has 0 saturated carbocycles. The van der Waals surface area contributed by atoms with Gasteiger partial charge in [-0.05, 0) is 35.7 Å². The van der Waals surface area contributed by atoms with Crippen LogP contribution in [-0.2, 0) is 0 Å². The van der Waals surface area contributed by atoms with E-state index in [-0.39, 0.29) is 0 Å². The van der Waals surface area contributed by atoms with E-state index in [0.29, 0.717) is 0 Å². The van der Waals surface area contributed by atoms with Crippen LogP contribution in [0.15, 0.2) is 53.9 Å². The van der Waals surface area contributed by atoms with Crippen LogP contribution < -0.4 is 0 Å². The van der Waals surface area contributed by atoms with E-state index < -0.39 is 0 Å². The molecule has 1 aromatic heterocycles. The van der Waals surface area contributed by atoms with Gasteiger partial charge < -0.3 is 0 Å². The van der Waals surface area contributed by atoms with E-state index in [2.05, 4.69) is 23.3 Å². The van der Waals surface area contributed by atoms with Gasteiger partial charge in [0.2, 0.25) is 0 Å². The average Bonchev–Trinajstić information content (AvgIpc) is 2.79. The normalized spacial score (nSPS) is 9.87. The highest BCUT2D eigenvalue weighted by atomic mass is 32.1. The van der Waals surface area contributed by atoms with Gasteiger partial charge in [-0.15, -0.1) is 11.3 Å². The van der Waals surface area contributed by atoms with Crippen LogP contribution in [0.5, 0.6) is 0 Å². The minimum absolute atomic E-state index is 1.05. The molecule has 72 valence electrons. The monoisotopic (exact) mass is 210 g/mol. The van der Waals surface area contributed by atoms with Gasteiger partial charge in [-0.2, -0.15) is 0 Å². The Balaban J connectivity index is 2.02. The minimum atomic E-state index is 1.05. The lowest BCUT2D eigenvalue weighted by Gasteiger charge is -1.84. The minimum Gasteiger partial charge on any atom is -0.144 e. The number of benzene rings is 1. The van der Waals surface area contributed by atoms with Crippen LogP contribution in [0.4, 0.5) is 0 Å². The van der Waals surface area contributed by atoms with Gasteiger partial charge in [0.1, 0.15) is 0 Å². The molecule has 0 atom stereocenters. The maximum atomic E-state index is 3.07. The first-order chi connectivity index (χ1) is 7.45. The maximum Gasteiger partial charge on any atom is 0.0276 e. The Kier molecular flexibility index (Phi) is 3.38. The molecule has 0 aliphatic heterocycles. The van der Waals surface area contributed by atoms with Crippen molar-refractivity contribution in [2.75, 3.05) is 0 Å². The van der Waals surface area contributed by atoms with Gasteiger partial charge >= 0.3 is 0 Å². The summed E-state index contributed by atoms with van der Waals surface area (Å²) >= 11 is 1.71. The average molecular weight is 210 g/mol. The summed E-state index contributed by atoms with van der Waals surface area (Å²) in [4.78, 5) is 1.23. The largest absolute Gasteiger partial charge is 0.144 e. The topological polar surface area (TPSA) is 0 Å². The quantitative estimate of drug-likeness (QED) is 0.628. The zero-order valence-corrected chi connectivity index (χ0v) is 9.00. The van der Waals surface area contributed by atoms with Crippen molar-refractivity contribution < 1.29 is 0 Å². The molecule has 15 heavy (non-hydrogen) atoms. The van der Waals surface area contributed by atoms with Crippen LogP contribution in [0.1, 0.15) is 10.4 Å². The van der Waals surface area contributed by atoms with E-state index in [4.69, 9.17) is 0 Å². The van der Waals surface area contributed by atoms with Gasteiger partial charge in [-0.25, -0.2) is 0 Å². The van der Waals surface area contributed by atoms with Gasteiger partial charge in [0, 0.05) is 10.4 Å². The second-order valence-corrected chi connectivity index (χ2v) is 3.96. The first-order valence-corrected chi connectivity index (χ1v) is 5.60. The van der Waals surface area contributed by atoms with Crippen molar-refractivity contribution in [3.05, 3.63) is 64.4 Å². The van der Waals surface area contributed by atoms with Crippen LogP contribution in [0.25, 0.3) is 6.08 Å². The van der Waals surface area contributed by atoms with E-state index in [9.17, 15) is 0 Å². The molecule has 0 aliphatic carbocycles. The molecule has 0 unspecified atom stereocenters. The molecule has 0 N–H and O–H groups in total. The van der Waals surface area contributed by atoms with Crippen molar-refractivity contribution >= 4 is 17.4 Å². The number of hydrogen-bond donors (Lipinski definition) is 0. The fourth-order valence-corrected chi connectivity index (χ4v) is 1.77. The summed E-state index contributed by atoms with van der Waals surface area (Å²) in [5.41, 5.74) is 1.05. The molecule has 1 heterocycles. The second-order valence-electron chi connectivity index (χ2n) is 2.98. The first kappa shape index (κ1) is 9.76. The Morgan fingerprint density at radius 2 is 1.87 bits per heavy atom. The van der Waals surface area contributed by atoms with Gasteiger partial charge in [-0.1, -0.05) is 36.1 Å². The molecular formula is C14H10S. The van der Waals surface area contributed by atoms with E-state index in [0.717, 1.165) is 5.56 Å². The highest BCUT2D eigenvalue weighted by Gasteiger charge is 1.82. The first-order valence-electron chi connectivity index (χ1n) is 4.72. The summed E-state index contributed by atoms with van der Waals surface area (Å²) in [5.74, 6) is 6.09. The molecular weight excluding hydrogens is 200 g/mol. The number of allylic oxidation sites excluding steroid dienone is 1. The fraction of sp³-hybridized carbons (Fsp3) is 0. The van der Waals surface area contributed by atoms with E-state index in [1.165, 1.54) is 4.88 Å². The number of rotatable bonds is 1. The number of hydrogen-bond acceptors (Lipinski definition) is 1. The molecule has 0 nitrogen and oxygen atoms in total. The molecule has 2 aromatic rings. The van der Waals surface area contributed by atoms with Gasteiger partial charge in [0.25, 0.3) is 0 Å². The third kappa shape index (κ3) is 3.12. The Morgan fingerprint density at radius 1 is 1.00 bits per heavy atom. The Morgan fingerprint density at radius 3 is 2.60 bits per heavy atom. The standard InChI is InChI=1S/C14H10S/c1-2-7-13(8-3-1)9-4-5-10-14-11-6-12-15-14/h1-3,5-8,10-12H/b10-5+. The predicted octanol–water partition coefficient (Wildman–Crippen LogP) is 3.81. The Bertz CT molecular complexity index is 481. The lowest BCUT2D eigenvalue weighted by Crippen LogP contribution is -1.68. The van der Waals surface area contributed by atoms with Crippen LogP contribution in [0.3, 0.4) is 0 Å². The second kappa shape index (κ2) is 5.19. The van der Waals surface area contributed by atoms with Crippen molar-refractivity contribution in [3.8, 4) is 11.8 Å². The summed E-state index contributed by atoms with van der Waals surface area (Å²) < 4.78 is 0. The highest BCUT2D eigenvalue weighted by molar-refractivity contribution is 7.10. The van der Waals surface area contributed by atoms with Crippen molar-refractivity contribution in [3.63, 3.8) is 0 Å². The SMILES string of the molecule is C(#Cc1ccccc1)/C=C/c1cccs1. The van der Waals surface area contributed by atoms with Crippen molar-refractivity contribution in [2.45, 2.75) is 0 Å². The fourth-order valence-electron chi connectivity index (χ4n) is 1.16. The Hall–Kier alpha value is -1.78. The highest BCUT2D eigenvalue weighted by Crippen LogP contribution is 2.09. The van der Waals surface area contributed by atoms with Crippen LogP contribution in [-0.4, -0.2) is 0 Å². The van der Waals surface area contributed by atoms with Crippen molar-refractivity contribution in [1.82, 2.24) is 0 Å². The van der Waals surface area contributed by atoms with Gasteiger partial charge in [-0.3, -0.25) is 0 Å². The van der Waals surface area contributed by atoms with Crippen molar-refractivity contribution in [2.24, 2.45) is 0 Å². The molecule has 1 heteroatoms. The van der Waals surface area contributed by atoms with Crippen LogP contribution >= 0.6 is 11.3 Å². The number of thiophene rings is 1. The zero-order chi connectivity index (χ0) is 10.3. The van der Waals surface area contributed by atoms with E-state index in [1.54, 1.807) is 11.3 Å². The summed E-state index contributed by atoms with van der Waals surface area (Å²) in [6.07, 6.45) is 3.92. The molecule has 2 rings (SSSR count). The predicted molar refractivity (Wildman–Crippen MR) is 66.7 cm³/mol. The summed E-state index contributed by atoms with van der Waals surface area (Å²) in [7, 11) is 0. The molecule has 0 aliphatic rings. The van der Waals surface area contributed by atoms with Crippen LogP contribution in [0.2, 0.25) is 0 Å². The lowest BCUT2D eigenvalue weighted by atomic mass is 10.2. The van der Waals surface area contributed by atoms with Crippen LogP contribution in [0, 0.1) is 11.8 Å². The smallest absolute Gasteiger partial charge is 0.0276 e. The molecule has 0 amide bonds. The van der Waals surface area contributed by atoms with E-state index >= 15 is 0 Å². The van der Waals surface area contributed by atoms with Gasteiger partial charge in [0.05, 0.1) is 0 Å². The summed E-state index contributed by atoms with van der Waals surface area (Å²) in [5, 5.41) is 2.06. The molecule has 0 radical (unpaired) electrons.